The molecule has 1 aromatic heterocycles. The van der Waals surface area contributed by atoms with Crippen LogP contribution < -0.4 is 0 Å². The molecule has 2 rings (SSSR count). The Hall–Kier alpha value is -1.69. The van der Waals surface area contributed by atoms with Crippen LogP contribution in [0.5, 0.6) is 0 Å². The molecule has 1 amide bonds. The number of ether oxygens (including phenoxy) is 1. The highest BCUT2D eigenvalue weighted by Gasteiger charge is 2.30. The van der Waals surface area contributed by atoms with Crippen molar-refractivity contribution in [3.63, 3.8) is 0 Å². The van der Waals surface area contributed by atoms with E-state index in [0.717, 1.165) is 31.6 Å². The van der Waals surface area contributed by atoms with Gasteiger partial charge in [-0.05, 0) is 47.6 Å². The smallest absolute Gasteiger partial charge is 0.410 e. The summed E-state index contributed by atoms with van der Waals surface area (Å²) in [6.07, 6.45) is 6.92. The summed E-state index contributed by atoms with van der Waals surface area (Å²) < 4.78 is 5.44. The molecular formula is C17H28N4O2. The highest BCUT2D eigenvalue weighted by molar-refractivity contribution is 5.68. The lowest BCUT2D eigenvalue weighted by molar-refractivity contribution is 0.0136. The van der Waals surface area contributed by atoms with Gasteiger partial charge in [-0.15, -0.1) is 0 Å². The lowest BCUT2D eigenvalue weighted by Crippen LogP contribution is -2.47. The lowest BCUT2D eigenvalue weighted by Gasteiger charge is -2.39. The predicted octanol–water partition coefficient (Wildman–Crippen LogP) is 2.87. The number of likely N-dealkylation sites (tertiary alicyclic amines) is 1. The number of nitrogens with zero attached hydrogens (tertiary/aromatic N) is 4. The van der Waals surface area contributed by atoms with Crippen molar-refractivity contribution in [3.05, 3.63) is 24.3 Å². The fourth-order valence-electron chi connectivity index (χ4n) is 2.83. The summed E-state index contributed by atoms with van der Waals surface area (Å²) in [7, 11) is 2.12. The van der Waals surface area contributed by atoms with E-state index in [1.807, 2.05) is 31.9 Å². The van der Waals surface area contributed by atoms with Crippen molar-refractivity contribution >= 4 is 6.09 Å². The van der Waals surface area contributed by atoms with E-state index < -0.39 is 5.60 Å². The van der Waals surface area contributed by atoms with Crippen LogP contribution in [0.2, 0.25) is 0 Å². The second kappa shape index (κ2) is 7.25. The van der Waals surface area contributed by atoms with Gasteiger partial charge in [0.1, 0.15) is 5.60 Å². The third-order valence-electron chi connectivity index (χ3n) is 4.31. The van der Waals surface area contributed by atoms with Crippen molar-refractivity contribution in [1.82, 2.24) is 19.8 Å². The van der Waals surface area contributed by atoms with Gasteiger partial charge in [-0.2, -0.15) is 0 Å². The Labute approximate surface area is 138 Å². The fourth-order valence-corrected chi connectivity index (χ4v) is 2.83. The third kappa shape index (κ3) is 4.89. The molecule has 1 fully saturated rings. The molecule has 1 unspecified atom stereocenters. The van der Waals surface area contributed by atoms with Gasteiger partial charge in [-0.1, -0.05) is 0 Å². The van der Waals surface area contributed by atoms with Crippen LogP contribution in [0.4, 0.5) is 4.79 Å². The Balaban J connectivity index is 1.87. The van der Waals surface area contributed by atoms with E-state index in [1.165, 1.54) is 0 Å². The van der Waals surface area contributed by atoms with Crippen molar-refractivity contribution < 1.29 is 9.53 Å². The topological polar surface area (TPSA) is 58.6 Å². The van der Waals surface area contributed by atoms with Crippen LogP contribution in [0.15, 0.2) is 18.6 Å². The van der Waals surface area contributed by atoms with Gasteiger partial charge in [0.15, 0.2) is 0 Å². The molecule has 6 heteroatoms. The Morgan fingerprint density at radius 2 is 2.00 bits per heavy atom. The van der Waals surface area contributed by atoms with Gasteiger partial charge < -0.3 is 9.64 Å². The summed E-state index contributed by atoms with van der Waals surface area (Å²) in [4.78, 5) is 24.8. The summed E-state index contributed by atoms with van der Waals surface area (Å²) >= 11 is 0. The molecule has 0 radical (unpaired) electrons. The second-order valence-electron chi connectivity index (χ2n) is 7.17. The van der Waals surface area contributed by atoms with Gasteiger partial charge in [0, 0.05) is 37.7 Å². The van der Waals surface area contributed by atoms with Crippen LogP contribution >= 0.6 is 0 Å². The minimum atomic E-state index is -0.439. The van der Waals surface area contributed by atoms with Crippen LogP contribution in [-0.4, -0.2) is 57.6 Å². The largest absolute Gasteiger partial charge is 0.444 e. The highest BCUT2D eigenvalue weighted by atomic mass is 16.6. The molecule has 1 atom stereocenters. The molecule has 128 valence electrons. The summed E-state index contributed by atoms with van der Waals surface area (Å²) in [5, 5.41) is 0. The molecule has 2 heterocycles. The molecule has 6 nitrogen and oxygen atoms in total. The molecule has 0 bridgehead atoms. The Kier molecular flexibility index (Phi) is 5.57. The number of piperidine rings is 1. The van der Waals surface area contributed by atoms with Crippen molar-refractivity contribution in [1.29, 1.82) is 0 Å². The highest BCUT2D eigenvalue weighted by Crippen LogP contribution is 2.24. The zero-order valence-corrected chi connectivity index (χ0v) is 14.8. The van der Waals surface area contributed by atoms with E-state index in [4.69, 9.17) is 4.74 Å². The van der Waals surface area contributed by atoms with Crippen molar-refractivity contribution in [2.45, 2.75) is 58.2 Å². The van der Waals surface area contributed by atoms with Crippen molar-refractivity contribution in [2.75, 3.05) is 20.1 Å². The van der Waals surface area contributed by atoms with Crippen molar-refractivity contribution in [3.8, 4) is 0 Å². The van der Waals surface area contributed by atoms with E-state index >= 15 is 0 Å². The van der Waals surface area contributed by atoms with Gasteiger partial charge in [0.25, 0.3) is 0 Å². The molecule has 0 N–H and O–H groups in total. The molecule has 1 aliphatic heterocycles. The maximum atomic E-state index is 12.1. The quantitative estimate of drug-likeness (QED) is 0.857. The molecule has 0 saturated carbocycles. The minimum absolute atomic E-state index is 0.208. The van der Waals surface area contributed by atoms with Crippen LogP contribution in [-0.2, 0) is 4.74 Å². The van der Waals surface area contributed by atoms with Crippen molar-refractivity contribution in [2.24, 2.45) is 0 Å². The molecule has 0 aromatic carbocycles. The summed E-state index contributed by atoms with van der Waals surface area (Å²) in [5.41, 5.74) is 0.537. The normalized spacial score (nSPS) is 18.1. The molecule has 23 heavy (non-hydrogen) atoms. The number of carbonyl (C=O) groups excluding carboxylic acids is 1. The fraction of sp³-hybridized carbons (Fsp3) is 0.706. The van der Waals surface area contributed by atoms with Gasteiger partial charge in [-0.3, -0.25) is 14.9 Å². The minimum Gasteiger partial charge on any atom is -0.444 e. The average Bonchev–Trinajstić information content (AvgIpc) is 2.53. The first-order chi connectivity index (χ1) is 10.8. The molecule has 1 aromatic rings. The molecule has 1 saturated heterocycles. The maximum absolute atomic E-state index is 12.1. The monoisotopic (exact) mass is 320 g/mol. The summed E-state index contributed by atoms with van der Waals surface area (Å²) in [6.45, 7) is 9.30. The lowest BCUT2D eigenvalue weighted by atomic mass is 10.0. The second-order valence-corrected chi connectivity index (χ2v) is 7.17. The Bertz CT molecular complexity index is 507. The first-order valence-corrected chi connectivity index (χ1v) is 8.23. The van der Waals surface area contributed by atoms with Gasteiger partial charge in [0.05, 0.1) is 11.7 Å². The standard InChI is InChI=1S/C17H28N4O2/c1-13(15-12-18-8-9-19-15)20(5)14-6-10-21(11-7-14)16(22)23-17(2,3)4/h8-9,12-14H,6-7,10-11H2,1-5H3. The van der Waals surface area contributed by atoms with Gasteiger partial charge >= 0.3 is 6.09 Å². The summed E-state index contributed by atoms with van der Waals surface area (Å²) in [6, 6.07) is 0.646. The average molecular weight is 320 g/mol. The number of carbonyl (C=O) groups is 1. The Morgan fingerprint density at radius 1 is 1.35 bits per heavy atom. The number of amides is 1. The van der Waals surface area contributed by atoms with E-state index in [1.54, 1.807) is 12.4 Å². The number of hydrogen-bond donors (Lipinski definition) is 0. The molecule has 1 aliphatic rings. The number of rotatable bonds is 3. The Morgan fingerprint density at radius 3 is 2.52 bits per heavy atom. The maximum Gasteiger partial charge on any atom is 0.410 e. The van der Waals surface area contributed by atoms with E-state index in [9.17, 15) is 4.79 Å². The number of aromatic nitrogens is 2. The van der Waals surface area contributed by atoms with Gasteiger partial charge in [0.2, 0.25) is 0 Å². The van der Waals surface area contributed by atoms with Crippen LogP contribution in [0.1, 0.15) is 52.3 Å². The van der Waals surface area contributed by atoms with Crippen LogP contribution in [0.25, 0.3) is 0 Å². The van der Waals surface area contributed by atoms with Crippen LogP contribution in [0, 0.1) is 0 Å². The number of hydrogen-bond acceptors (Lipinski definition) is 5. The predicted molar refractivity (Wildman–Crippen MR) is 89.0 cm³/mol. The first-order valence-electron chi connectivity index (χ1n) is 8.23. The summed E-state index contributed by atoms with van der Waals surface area (Å²) in [5.74, 6) is 0. The SMILES string of the molecule is CC(c1cnccn1)N(C)C1CCN(C(=O)OC(C)(C)C)CC1. The van der Waals surface area contributed by atoms with E-state index in [0.29, 0.717) is 6.04 Å². The molecule has 0 aliphatic carbocycles. The van der Waals surface area contributed by atoms with E-state index in [2.05, 4.69) is 28.8 Å². The molecular weight excluding hydrogens is 292 g/mol. The van der Waals surface area contributed by atoms with Crippen LogP contribution in [0.3, 0.4) is 0 Å². The van der Waals surface area contributed by atoms with Gasteiger partial charge in [-0.25, -0.2) is 4.79 Å². The third-order valence-corrected chi connectivity index (χ3v) is 4.31. The zero-order chi connectivity index (χ0) is 17.0. The molecule has 0 spiro atoms. The first kappa shape index (κ1) is 17.7. The van der Waals surface area contributed by atoms with E-state index in [-0.39, 0.29) is 12.1 Å². The zero-order valence-electron chi connectivity index (χ0n) is 14.8.